The van der Waals surface area contributed by atoms with E-state index in [1.165, 1.54) is 0 Å². The maximum absolute atomic E-state index is 12.5. The lowest BCUT2D eigenvalue weighted by atomic mass is 10.0. The quantitative estimate of drug-likeness (QED) is 0.764. The van der Waals surface area contributed by atoms with E-state index in [0.717, 1.165) is 64.8 Å². The van der Waals surface area contributed by atoms with Crippen LogP contribution in [0.3, 0.4) is 0 Å². The van der Waals surface area contributed by atoms with Crippen molar-refractivity contribution in [3.05, 3.63) is 41.6 Å². The molecule has 1 fully saturated rings. The molecule has 1 amide bonds. The second-order valence-electron chi connectivity index (χ2n) is 7.32. The van der Waals surface area contributed by atoms with E-state index >= 15 is 0 Å². The molecule has 2 aromatic heterocycles. The largest absolute Gasteiger partial charge is 0.326 e. The number of benzene rings is 1. The van der Waals surface area contributed by atoms with Crippen molar-refractivity contribution in [1.82, 2.24) is 14.8 Å². The third kappa shape index (κ3) is 2.98. The van der Waals surface area contributed by atoms with Gasteiger partial charge in [-0.25, -0.2) is 4.98 Å². The van der Waals surface area contributed by atoms with Crippen LogP contribution in [0.1, 0.15) is 36.8 Å². The molecule has 1 aliphatic carbocycles. The minimum Gasteiger partial charge on any atom is -0.326 e. The summed E-state index contributed by atoms with van der Waals surface area (Å²) in [4.78, 5) is 17.3. The first-order chi connectivity index (χ1) is 12.5. The van der Waals surface area contributed by atoms with Gasteiger partial charge in [-0.15, -0.1) is 0 Å². The number of nitrogens with zero attached hydrogens (tertiary/aromatic N) is 3. The van der Waals surface area contributed by atoms with Gasteiger partial charge in [0.1, 0.15) is 0 Å². The van der Waals surface area contributed by atoms with Gasteiger partial charge in [0.05, 0.1) is 16.9 Å². The van der Waals surface area contributed by atoms with Crippen molar-refractivity contribution >= 4 is 22.5 Å². The second kappa shape index (κ2) is 6.56. The van der Waals surface area contributed by atoms with Gasteiger partial charge in [0.2, 0.25) is 5.91 Å². The van der Waals surface area contributed by atoms with Crippen LogP contribution in [0.15, 0.2) is 30.5 Å². The Morgan fingerprint density at radius 2 is 1.92 bits per heavy atom. The number of hydrogen-bond donors (Lipinski definition) is 1. The topological polar surface area (TPSA) is 59.8 Å². The van der Waals surface area contributed by atoms with E-state index in [4.69, 9.17) is 4.98 Å². The molecule has 134 valence electrons. The Morgan fingerprint density at radius 1 is 1.15 bits per heavy atom. The van der Waals surface area contributed by atoms with E-state index in [2.05, 4.69) is 35.5 Å². The van der Waals surface area contributed by atoms with Crippen molar-refractivity contribution < 1.29 is 4.79 Å². The predicted molar refractivity (Wildman–Crippen MR) is 104 cm³/mol. The number of carbonyl (C=O) groups is 1. The minimum atomic E-state index is 0.155. The SMILES string of the molecule is Cc1cc2nc(-c3ccnn3C)cc(C)c2cc1NC(=O)C1CCCC1. The van der Waals surface area contributed by atoms with Crippen molar-refractivity contribution in [2.24, 2.45) is 13.0 Å². The van der Waals surface area contributed by atoms with Crippen LogP contribution in [0.2, 0.25) is 0 Å². The van der Waals surface area contributed by atoms with Gasteiger partial charge in [0.15, 0.2) is 0 Å². The molecule has 2 heterocycles. The average Bonchev–Trinajstić information content (AvgIpc) is 3.27. The molecule has 26 heavy (non-hydrogen) atoms. The Hall–Kier alpha value is -2.69. The highest BCUT2D eigenvalue weighted by atomic mass is 16.1. The Morgan fingerprint density at radius 3 is 2.62 bits per heavy atom. The summed E-state index contributed by atoms with van der Waals surface area (Å²) in [5.74, 6) is 0.318. The third-order valence-electron chi connectivity index (χ3n) is 5.43. The molecule has 1 saturated carbocycles. The number of hydrogen-bond acceptors (Lipinski definition) is 3. The molecule has 0 unspecified atom stereocenters. The second-order valence-corrected chi connectivity index (χ2v) is 7.32. The van der Waals surface area contributed by atoms with Gasteiger partial charge >= 0.3 is 0 Å². The first-order valence-corrected chi connectivity index (χ1v) is 9.24. The molecule has 1 N–H and O–H groups in total. The Kier molecular flexibility index (Phi) is 4.23. The summed E-state index contributed by atoms with van der Waals surface area (Å²) < 4.78 is 1.83. The van der Waals surface area contributed by atoms with E-state index in [0.29, 0.717) is 0 Å². The molecule has 0 spiro atoms. The average molecular weight is 348 g/mol. The summed E-state index contributed by atoms with van der Waals surface area (Å²) in [7, 11) is 1.92. The highest BCUT2D eigenvalue weighted by Crippen LogP contribution is 2.30. The van der Waals surface area contributed by atoms with Crippen LogP contribution in [0.5, 0.6) is 0 Å². The number of carbonyl (C=O) groups excluding carboxylic acids is 1. The molecule has 3 aromatic rings. The van der Waals surface area contributed by atoms with Crippen molar-refractivity contribution in [2.75, 3.05) is 5.32 Å². The first-order valence-electron chi connectivity index (χ1n) is 9.24. The smallest absolute Gasteiger partial charge is 0.227 e. The Balaban J connectivity index is 1.71. The number of rotatable bonds is 3. The van der Waals surface area contributed by atoms with E-state index < -0.39 is 0 Å². The lowest BCUT2D eigenvalue weighted by Gasteiger charge is -2.15. The normalized spacial score (nSPS) is 14.9. The third-order valence-corrected chi connectivity index (χ3v) is 5.43. The maximum atomic E-state index is 12.5. The van der Waals surface area contributed by atoms with Crippen LogP contribution in [-0.2, 0) is 11.8 Å². The van der Waals surface area contributed by atoms with Gasteiger partial charge in [-0.1, -0.05) is 12.8 Å². The molecular weight excluding hydrogens is 324 g/mol. The predicted octanol–water partition coefficient (Wildman–Crippen LogP) is 4.38. The fourth-order valence-corrected chi connectivity index (χ4v) is 3.86. The highest BCUT2D eigenvalue weighted by Gasteiger charge is 2.23. The summed E-state index contributed by atoms with van der Waals surface area (Å²) in [6.45, 7) is 4.11. The lowest BCUT2D eigenvalue weighted by molar-refractivity contribution is -0.119. The van der Waals surface area contributed by atoms with Crippen LogP contribution in [0.4, 0.5) is 5.69 Å². The summed E-state index contributed by atoms with van der Waals surface area (Å²) in [5, 5.41) is 8.45. The van der Waals surface area contributed by atoms with Crippen LogP contribution in [0, 0.1) is 19.8 Å². The summed E-state index contributed by atoms with van der Waals surface area (Å²) in [6, 6.07) is 8.17. The standard InChI is InChI=1S/C21H24N4O/c1-13-10-19(20-8-9-22-25(20)3)23-18-11-14(2)17(12-16(13)18)24-21(26)15-6-4-5-7-15/h8-12,15H,4-7H2,1-3H3,(H,24,26). The highest BCUT2D eigenvalue weighted by molar-refractivity contribution is 5.97. The van der Waals surface area contributed by atoms with E-state index in [9.17, 15) is 4.79 Å². The molecule has 5 nitrogen and oxygen atoms in total. The number of amides is 1. The van der Waals surface area contributed by atoms with Gasteiger partial charge in [0.25, 0.3) is 0 Å². The zero-order valence-electron chi connectivity index (χ0n) is 15.5. The van der Waals surface area contributed by atoms with Crippen LogP contribution in [-0.4, -0.2) is 20.7 Å². The van der Waals surface area contributed by atoms with Gasteiger partial charge in [0, 0.05) is 30.2 Å². The van der Waals surface area contributed by atoms with E-state index in [1.807, 2.05) is 24.7 Å². The van der Waals surface area contributed by atoms with Gasteiger partial charge in [-0.05, 0) is 62.1 Å². The molecule has 0 saturated heterocycles. The van der Waals surface area contributed by atoms with E-state index in [-0.39, 0.29) is 11.8 Å². The maximum Gasteiger partial charge on any atom is 0.227 e. The monoisotopic (exact) mass is 348 g/mol. The summed E-state index contributed by atoms with van der Waals surface area (Å²) in [5.41, 5.74) is 5.93. The number of fused-ring (bicyclic) bond motifs is 1. The lowest BCUT2D eigenvalue weighted by Crippen LogP contribution is -2.20. The van der Waals surface area contributed by atoms with Gasteiger partial charge < -0.3 is 5.32 Å². The fraction of sp³-hybridized carbons (Fsp3) is 0.381. The molecule has 5 heteroatoms. The van der Waals surface area contributed by atoms with Crippen LogP contribution >= 0.6 is 0 Å². The number of nitrogens with one attached hydrogen (secondary N) is 1. The zero-order chi connectivity index (χ0) is 18.3. The fourth-order valence-electron chi connectivity index (χ4n) is 3.86. The summed E-state index contributed by atoms with van der Waals surface area (Å²) >= 11 is 0. The Labute approximate surface area is 153 Å². The molecule has 1 aromatic carbocycles. The molecule has 0 aliphatic heterocycles. The van der Waals surface area contributed by atoms with E-state index in [1.54, 1.807) is 6.20 Å². The number of pyridine rings is 1. The Bertz CT molecular complexity index is 983. The number of aromatic nitrogens is 3. The van der Waals surface area contributed by atoms with Crippen molar-refractivity contribution in [1.29, 1.82) is 0 Å². The van der Waals surface area contributed by atoms with Crippen molar-refractivity contribution in [3.63, 3.8) is 0 Å². The van der Waals surface area contributed by atoms with Crippen molar-refractivity contribution in [2.45, 2.75) is 39.5 Å². The minimum absolute atomic E-state index is 0.155. The van der Waals surface area contributed by atoms with Gasteiger partial charge in [-0.2, -0.15) is 5.10 Å². The molecule has 0 radical (unpaired) electrons. The van der Waals surface area contributed by atoms with Gasteiger partial charge in [-0.3, -0.25) is 9.48 Å². The van der Waals surface area contributed by atoms with Crippen LogP contribution < -0.4 is 5.32 Å². The first kappa shape index (κ1) is 16.8. The molecule has 4 rings (SSSR count). The van der Waals surface area contributed by atoms with Crippen LogP contribution in [0.25, 0.3) is 22.3 Å². The zero-order valence-corrected chi connectivity index (χ0v) is 15.5. The molecule has 0 atom stereocenters. The molecule has 0 bridgehead atoms. The molecular formula is C21H24N4O. The van der Waals surface area contributed by atoms with Crippen molar-refractivity contribution in [3.8, 4) is 11.4 Å². The number of aryl methyl sites for hydroxylation is 3. The summed E-state index contributed by atoms with van der Waals surface area (Å²) in [6.07, 6.45) is 6.12. The molecule has 1 aliphatic rings. The number of anilines is 1.